The van der Waals surface area contributed by atoms with Crippen molar-refractivity contribution in [2.24, 2.45) is 0 Å². The lowest BCUT2D eigenvalue weighted by molar-refractivity contribution is -0.00461. The van der Waals surface area contributed by atoms with Gasteiger partial charge in [-0.2, -0.15) is 0 Å². The van der Waals surface area contributed by atoms with E-state index >= 15 is 0 Å². The van der Waals surface area contributed by atoms with E-state index in [0.717, 1.165) is 30.5 Å². The van der Waals surface area contributed by atoms with E-state index in [0.29, 0.717) is 6.04 Å². The summed E-state index contributed by atoms with van der Waals surface area (Å²) in [5, 5.41) is 4.52. The number of aryl methyl sites for hydroxylation is 1. The summed E-state index contributed by atoms with van der Waals surface area (Å²) in [4.78, 5) is 8.27. The van der Waals surface area contributed by atoms with E-state index in [2.05, 4.69) is 31.0 Å². The molecule has 2 heterocycles. The predicted molar refractivity (Wildman–Crippen MR) is 82.6 cm³/mol. The number of aromatic nitrogens is 1. The van der Waals surface area contributed by atoms with Crippen molar-refractivity contribution in [2.45, 2.75) is 45.6 Å². The third kappa shape index (κ3) is 3.49. The molecule has 0 bridgehead atoms. The van der Waals surface area contributed by atoms with E-state index in [1.54, 1.807) is 25.6 Å². The lowest BCUT2D eigenvalue weighted by Crippen LogP contribution is -2.27. The average Bonchev–Trinajstić information content (AvgIpc) is 2.99. The number of anilines is 1. The highest BCUT2D eigenvalue weighted by Gasteiger charge is 2.34. The van der Waals surface area contributed by atoms with Gasteiger partial charge in [0.15, 0.2) is 5.13 Å². The molecule has 6 heteroatoms. The van der Waals surface area contributed by atoms with Crippen LogP contribution in [0.1, 0.15) is 24.4 Å². The van der Waals surface area contributed by atoms with E-state index < -0.39 is 0 Å². The molecule has 1 fully saturated rings. The number of nitrogens with one attached hydrogen (secondary N) is 1. The molecule has 5 nitrogen and oxygen atoms in total. The normalized spacial score (nSPS) is 23.0. The van der Waals surface area contributed by atoms with Crippen LogP contribution in [0.5, 0.6) is 0 Å². The SMILES string of the molecule is COC1CN(c2nc(C)c(CNC(C)C)s2)CC1OC. The topological polar surface area (TPSA) is 46.6 Å². The molecule has 0 aromatic carbocycles. The minimum atomic E-state index is 0.126. The molecule has 1 saturated heterocycles. The molecule has 1 aromatic rings. The second-order valence-electron chi connectivity index (χ2n) is 5.49. The third-order valence-electron chi connectivity index (χ3n) is 3.64. The Kier molecular flexibility index (Phi) is 5.37. The molecular formula is C14H25N3O2S. The number of ether oxygens (including phenoxy) is 2. The number of thiazole rings is 1. The molecule has 1 N–H and O–H groups in total. The van der Waals surface area contributed by atoms with Gasteiger partial charge in [0, 0.05) is 44.8 Å². The molecule has 0 radical (unpaired) electrons. The van der Waals surface area contributed by atoms with Gasteiger partial charge in [-0.25, -0.2) is 4.98 Å². The number of methoxy groups -OCH3 is 2. The van der Waals surface area contributed by atoms with Crippen molar-refractivity contribution < 1.29 is 9.47 Å². The monoisotopic (exact) mass is 299 g/mol. The van der Waals surface area contributed by atoms with Gasteiger partial charge < -0.3 is 19.7 Å². The lowest BCUT2D eigenvalue weighted by Gasteiger charge is -2.13. The largest absolute Gasteiger partial charge is 0.377 e. The summed E-state index contributed by atoms with van der Waals surface area (Å²) in [6.45, 7) is 8.97. The van der Waals surface area contributed by atoms with E-state index in [1.165, 1.54) is 4.88 Å². The first-order chi connectivity index (χ1) is 9.55. The molecule has 114 valence electrons. The molecule has 1 aromatic heterocycles. The number of rotatable bonds is 6. The summed E-state index contributed by atoms with van der Waals surface area (Å²) >= 11 is 1.77. The summed E-state index contributed by atoms with van der Waals surface area (Å²) < 4.78 is 11.0. The highest BCUT2D eigenvalue weighted by atomic mass is 32.1. The standard InChI is InChI=1S/C14H25N3O2S/c1-9(2)15-6-13-10(3)16-14(20-13)17-7-11(18-4)12(8-17)19-5/h9,11-12,15H,6-8H2,1-5H3. The van der Waals surface area contributed by atoms with Crippen molar-refractivity contribution in [3.8, 4) is 0 Å². The van der Waals surface area contributed by atoms with E-state index in [9.17, 15) is 0 Å². The Hall–Kier alpha value is -0.690. The van der Waals surface area contributed by atoms with E-state index in [1.807, 2.05) is 0 Å². The highest BCUT2D eigenvalue weighted by Crippen LogP contribution is 2.30. The minimum absolute atomic E-state index is 0.126. The molecule has 0 saturated carbocycles. The molecule has 0 spiro atoms. The summed E-state index contributed by atoms with van der Waals surface area (Å²) in [6.07, 6.45) is 0.253. The van der Waals surface area contributed by atoms with Gasteiger partial charge in [0.05, 0.1) is 5.69 Å². The Morgan fingerprint density at radius 3 is 2.40 bits per heavy atom. The molecule has 2 unspecified atom stereocenters. The van der Waals surface area contributed by atoms with Crippen molar-refractivity contribution >= 4 is 16.5 Å². The zero-order valence-electron chi connectivity index (χ0n) is 13.0. The van der Waals surface area contributed by atoms with Crippen LogP contribution in [0.15, 0.2) is 0 Å². The van der Waals surface area contributed by atoms with Crippen LogP contribution in [0.4, 0.5) is 5.13 Å². The van der Waals surface area contributed by atoms with Gasteiger partial charge in [-0.05, 0) is 6.92 Å². The summed E-state index contributed by atoms with van der Waals surface area (Å²) in [5.41, 5.74) is 1.12. The van der Waals surface area contributed by atoms with Crippen LogP contribution in [-0.2, 0) is 16.0 Å². The van der Waals surface area contributed by atoms with Crippen molar-refractivity contribution in [1.29, 1.82) is 0 Å². The first-order valence-corrected chi connectivity index (χ1v) is 7.87. The Morgan fingerprint density at radius 2 is 1.90 bits per heavy atom. The zero-order chi connectivity index (χ0) is 14.7. The van der Waals surface area contributed by atoms with Crippen molar-refractivity contribution in [2.75, 3.05) is 32.2 Å². The molecule has 1 aliphatic rings. The molecule has 0 aliphatic carbocycles. The second kappa shape index (κ2) is 6.85. The van der Waals surface area contributed by atoms with Gasteiger partial charge in [-0.15, -0.1) is 11.3 Å². The molecule has 2 rings (SSSR count). The van der Waals surface area contributed by atoms with E-state index in [-0.39, 0.29) is 12.2 Å². The Morgan fingerprint density at radius 1 is 1.30 bits per heavy atom. The minimum Gasteiger partial charge on any atom is -0.377 e. The molecule has 0 amide bonds. The fourth-order valence-corrected chi connectivity index (χ4v) is 3.39. The Labute approximate surface area is 125 Å². The predicted octanol–water partition coefficient (Wildman–Crippen LogP) is 1.80. The van der Waals surface area contributed by atoms with Crippen molar-refractivity contribution in [3.63, 3.8) is 0 Å². The average molecular weight is 299 g/mol. The molecule has 1 aliphatic heterocycles. The second-order valence-corrected chi connectivity index (χ2v) is 6.56. The maximum Gasteiger partial charge on any atom is 0.185 e. The van der Waals surface area contributed by atoms with Crippen LogP contribution in [0.2, 0.25) is 0 Å². The smallest absolute Gasteiger partial charge is 0.185 e. The van der Waals surface area contributed by atoms with E-state index in [4.69, 9.17) is 14.5 Å². The van der Waals surface area contributed by atoms with Gasteiger partial charge in [0.2, 0.25) is 0 Å². The fraction of sp³-hybridized carbons (Fsp3) is 0.786. The highest BCUT2D eigenvalue weighted by molar-refractivity contribution is 7.15. The van der Waals surface area contributed by atoms with Crippen LogP contribution in [0.25, 0.3) is 0 Å². The zero-order valence-corrected chi connectivity index (χ0v) is 13.8. The van der Waals surface area contributed by atoms with Gasteiger partial charge in [-0.1, -0.05) is 13.8 Å². The first kappa shape index (κ1) is 15.7. The van der Waals surface area contributed by atoms with Crippen LogP contribution in [0, 0.1) is 6.92 Å². The number of hydrogen-bond donors (Lipinski definition) is 1. The van der Waals surface area contributed by atoms with Crippen LogP contribution in [0.3, 0.4) is 0 Å². The summed E-state index contributed by atoms with van der Waals surface area (Å²) in [5.74, 6) is 0. The fourth-order valence-electron chi connectivity index (χ4n) is 2.36. The van der Waals surface area contributed by atoms with Gasteiger partial charge in [0.25, 0.3) is 0 Å². The van der Waals surface area contributed by atoms with Gasteiger partial charge in [0.1, 0.15) is 12.2 Å². The van der Waals surface area contributed by atoms with Gasteiger partial charge in [-0.3, -0.25) is 0 Å². The summed E-state index contributed by atoms with van der Waals surface area (Å²) in [6, 6.07) is 0.488. The van der Waals surface area contributed by atoms with Gasteiger partial charge >= 0.3 is 0 Å². The quantitative estimate of drug-likeness (QED) is 0.868. The first-order valence-electron chi connectivity index (χ1n) is 7.05. The Balaban J connectivity index is 2.05. The maximum absolute atomic E-state index is 5.48. The molecular weight excluding hydrogens is 274 g/mol. The Bertz CT molecular complexity index is 424. The molecule has 2 atom stereocenters. The number of hydrogen-bond acceptors (Lipinski definition) is 6. The summed E-state index contributed by atoms with van der Waals surface area (Å²) in [7, 11) is 3.48. The lowest BCUT2D eigenvalue weighted by atomic mass is 10.3. The van der Waals surface area contributed by atoms with Crippen LogP contribution >= 0.6 is 11.3 Å². The number of nitrogens with zero attached hydrogens (tertiary/aromatic N) is 2. The van der Waals surface area contributed by atoms with Crippen molar-refractivity contribution in [1.82, 2.24) is 10.3 Å². The van der Waals surface area contributed by atoms with Crippen LogP contribution in [-0.4, -0.2) is 50.5 Å². The maximum atomic E-state index is 5.48. The van der Waals surface area contributed by atoms with Crippen LogP contribution < -0.4 is 10.2 Å². The van der Waals surface area contributed by atoms with Crippen molar-refractivity contribution in [3.05, 3.63) is 10.6 Å². The third-order valence-corrected chi connectivity index (χ3v) is 4.86. The molecule has 20 heavy (non-hydrogen) atoms.